The first-order valence-electron chi connectivity index (χ1n) is 4.72. The van der Waals surface area contributed by atoms with Crippen molar-refractivity contribution in [3.05, 3.63) is 29.0 Å². The molecule has 1 fully saturated rings. The molecule has 1 aliphatic heterocycles. The van der Waals surface area contributed by atoms with Gasteiger partial charge >= 0.3 is 0 Å². The predicted octanol–water partition coefficient (Wildman–Crippen LogP) is 2.34. The van der Waals surface area contributed by atoms with E-state index in [1.165, 1.54) is 6.20 Å². The normalized spacial score (nSPS) is 20.7. The molecule has 80 valence electrons. The summed E-state index contributed by atoms with van der Waals surface area (Å²) in [6.07, 6.45) is 2.50. The third kappa shape index (κ3) is 2.49. The Morgan fingerprint density at radius 3 is 2.93 bits per heavy atom. The van der Waals surface area contributed by atoms with Crippen LogP contribution in [0, 0.1) is 0 Å². The number of carbonyl (C=O) groups is 1. The largest absolute Gasteiger partial charge is 0.336 e. The Hall–Kier alpha value is -0.610. The van der Waals surface area contributed by atoms with Crippen LogP contribution in [0.25, 0.3) is 0 Å². The molecule has 0 aliphatic carbocycles. The summed E-state index contributed by atoms with van der Waals surface area (Å²) in [6.45, 7) is 1.54. The van der Waals surface area contributed by atoms with Crippen LogP contribution in [-0.4, -0.2) is 33.7 Å². The molecule has 2 rings (SSSR count). The van der Waals surface area contributed by atoms with Gasteiger partial charge in [-0.05, 0) is 18.6 Å². The van der Waals surface area contributed by atoms with E-state index in [-0.39, 0.29) is 5.91 Å². The van der Waals surface area contributed by atoms with Gasteiger partial charge in [0.2, 0.25) is 0 Å². The lowest BCUT2D eigenvalue weighted by atomic mass is 10.3. The molecule has 5 heteroatoms. The highest BCUT2D eigenvalue weighted by Gasteiger charge is 2.25. The molecule has 0 bridgehead atoms. The van der Waals surface area contributed by atoms with E-state index in [9.17, 15) is 4.79 Å². The zero-order valence-electron chi connectivity index (χ0n) is 7.99. The average molecular weight is 290 g/mol. The van der Waals surface area contributed by atoms with Gasteiger partial charge in [-0.2, -0.15) is 0 Å². The van der Waals surface area contributed by atoms with Crippen LogP contribution < -0.4 is 0 Å². The fraction of sp³-hybridized carbons (Fsp3) is 0.400. The van der Waals surface area contributed by atoms with E-state index in [0.717, 1.165) is 19.5 Å². The van der Waals surface area contributed by atoms with Gasteiger partial charge in [0, 0.05) is 24.1 Å². The Balaban J connectivity index is 2.11. The topological polar surface area (TPSA) is 33.2 Å². The molecular weight excluding hydrogens is 279 g/mol. The molecule has 0 radical (unpaired) electrons. The van der Waals surface area contributed by atoms with Crippen molar-refractivity contribution < 1.29 is 4.79 Å². The Labute approximate surface area is 102 Å². The zero-order valence-corrected chi connectivity index (χ0v) is 10.3. The number of alkyl halides is 1. The maximum atomic E-state index is 11.9. The van der Waals surface area contributed by atoms with E-state index in [4.69, 9.17) is 11.6 Å². The molecule has 15 heavy (non-hydrogen) atoms. The van der Waals surface area contributed by atoms with Crippen LogP contribution >= 0.6 is 27.5 Å². The lowest BCUT2D eigenvalue weighted by Crippen LogP contribution is -2.29. The van der Waals surface area contributed by atoms with Crippen LogP contribution in [0.4, 0.5) is 0 Å². The van der Waals surface area contributed by atoms with Crippen molar-refractivity contribution >= 4 is 33.4 Å². The van der Waals surface area contributed by atoms with Crippen LogP contribution in [0.3, 0.4) is 0 Å². The number of carbonyl (C=O) groups excluding carboxylic acids is 1. The highest BCUT2D eigenvalue weighted by molar-refractivity contribution is 9.09. The number of rotatable bonds is 1. The summed E-state index contributed by atoms with van der Waals surface area (Å²) < 4.78 is 0. The number of halogens is 2. The summed E-state index contributed by atoms with van der Waals surface area (Å²) >= 11 is 9.20. The van der Waals surface area contributed by atoms with Crippen LogP contribution in [0.1, 0.15) is 16.9 Å². The second kappa shape index (κ2) is 4.49. The predicted molar refractivity (Wildman–Crippen MR) is 62.5 cm³/mol. The van der Waals surface area contributed by atoms with E-state index in [2.05, 4.69) is 20.9 Å². The number of pyridine rings is 1. The number of hydrogen-bond donors (Lipinski definition) is 0. The quantitative estimate of drug-likeness (QED) is 0.744. The van der Waals surface area contributed by atoms with Crippen molar-refractivity contribution in [2.45, 2.75) is 11.2 Å². The Kier molecular flexibility index (Phi) is 3.26. The van der Waals surface area contributed by atoms with Crippen molar-refractivity contribution in [1.82, 2.24) is 9.88 Å². The first-order valence-corrected chi connectivity index (χ1v) is 6.01. The van der Waals surface area contributed by atoms with Crippen molar-refractivity contribution in [3.8, 4) is 0 Å². The summed E-state index contributed by atoms with van der Waals surface area (Å²) in [5.74, 6) is -0.0198. The molecule has 3 nitrogen and oxygen atoms in total. The molecule has 1 saturated heterocycles. The van der Waals surface area contributed by atoms with E-state index in [0.29, 0.717) is 15.5 Å². The first-order chi connectivity index (χ1) is 7.16. The number of nitrogens with zero attached hydrogens (tertiary/aromatic N) is 2. The average Bonchev–Trinajstić information content (AvgIpc) is 2.65. The van der Waals surface area contributed by atoms with Gasteiger partial charge in [0.05, 0.1) is 5.02 Å². The van der Waals surface area contributed by atoms with Crippen LogP contribution in [0.2, 0.25) is 5.02 Å². The van der Waals surface area contributed by atoms with Gasteiger partial charge in [0.1, 0.15) is 5.69 Å². The summed E-state index contributed by atoms with van der Waals surface area (Å²) in [7, 11) is 0. The molecule has 0 aromatic carbocycles. The molecule has 1 amide bonds. The second-order valence-electron chi connectivity index (χ2n) is 3.50. The lowest BCUT2D eigenvalue weighted by molar-refractivity contribution is 0.0787. The van der Waals surface area contributed by atoms with Gasteiger partial charge < -0.3 is 4.90 Å². The standard InChI is InChI=1S/C10H10BrClN2O/c11-7-3-4-14(6-7)10(15)9-2-1-8(12)5-13-9/h1-2,5,7H,3-4,6H2. The minimum atomic E-state index is -0.0198. The SMILES string of the molecule is O=C(c1ccc(Cl)cn1)N1CCC(Br)C1. The molecule has 2 heterocycles. The van der Waals surface area contributed by atoms with Gasteiger partial charge in [-0.1, -0.05) is 27.5 Å². The number of hydrogen-bond acceptors (Lipinski definition) is 2. The summed E-state index contributed by atoms with van der Waals surface area (Å²) in [5.41, 5.74) is 0.459. The Morgan fingerprint density at radius 2 is 2.40 bits per heavy atom. The highest BCUT2D eigenvalue weighted by Crippen LogP contribution is 2.18. The van der Waals surface area contributed by atoms with Crippen molar-refractivity contribution in [2.24, 2.45) is 0 Å². The molecular formula is C10H10BrClN2O. The molecule has 0 N–H and O–H groups in total. The van der Waals surface area contributed by atoms with Crippen molar-refractivity contribution in [2.75, 3.05) is 13.1 Å². The molecule has 1 aromatic heterocycles. The van der Waals surface area contributed by atoms with Crippen LogP contribution in [-0.2, 0) is 0 Å². The molecule has 0 saturated carbocycles. The minimum absolute atomic E-state index is 0.0198. The van der Waals surface area contributed by atoms with Crippen LogP contribution in [0.15, 0.2) is 18.3 Å². The summed E-state index contributed by atoms with van der Waals surface area (Å²) in [4.78, 5) is 18.1. The smallest absolute Gasteiger partial charge is 0.272 e. The third-order valence-electron chi connectivity index (χ3n) is 2.36. The number of amides is 1. The molecule has 1 aromatic rings. The summed E-state index contributed by atoms with van der Waals surface area (Å²) in [5, 5.41) is 0.548. The first kappa shape index (κ1) is 10.9. The fourth-order valence-corrected chi connectivity index (χ4v) is 2.23. The van der Waals surface area contributed by atoms with E-state index in [1.807, 2.05) is 0 Å². The van der Waals surface area contributed by atoms with E-state index >= 15 is 0 Å². The van der Waals surface area contributed by atoms with E-state index in [1.54, 1.807) is 17.0 Å². The second-order valence-corrected chi connectivity index (χ2v) is 5.23. The third-order valence-corrected chi connectivity index (χ3v) is 3.34. The van der Waals surface area contributed by atoms with Gasteiger partial charge in [-0.3, -0.25) is 4.79 Å². The molecule has 0 spiro atoms. The number of aromatic nitrogens is 1. The van der Waals surface area contributed by atoms with Gasteiger partial charge in [-0.25, -0.2) is 4.98 Å². The lowest BCUT2D eigenvalue weighted by Gasteiger charge is -2.14. The molecule has 1 atom stereocenters. The Bertz CT molecular complexity index is 368. The zero-order chi connectivity index (χ0) is 10.8. The maximum Gasteiger partial charge on any atom is 0.272 e. The highest BCUT2D eigenvalue weighted by atomic mass is 79.9. The van der Waals surface area contributed by atoms with Gasteiger partial charge in [0.15, 0.2) is 0 Å². The van der Waals surface area contributed by atoms with Gasteiger partial charge in [-0.15, -0.1) is 0 Å². The minimum Gasteiger partial charge on any atom is -0.336 e. The van der Waals surface area contributed by atoms with E-state index < -0.39 is 0 Å². The van der Waals surface area contributed by atoms with Crippen molar-refractivity contribution in [1.29, 1.82) is 0 Å². The maximum absolute atomic E-state index is 11.9. The molecule has 1 unspecified atom stereocenters. The Morgan fingerprint density at radius 1 is 1.60 bits per heavy atom. The summed E-state index contributed by atoms with van der Waals surface area (Å²) in [6, 6.07) is 3.34. The molecule has 1 aliphatic rings. The monoisotopic (exact) mass is 288 g/mol. The fourth-order valence-electron chi connectivity index (χ4n) is 1.57. The van der Waals surface area contributed by atoms with Gasteiger partial charge in [0.25, 0.3) is 5.91 Å². The van der Waals surface area contributed by atoms with Crippen LogP contribution in [0.5, 0.6) is 0 Å². The number of likely N-dealkylation sites (tertiary alicyclic amines) is 1. The van der Waals surface area contributed by atoms with Crippen molar-refractivity contribution in [3.63, 3.8) is 0 Å².